The van der Waals surface area contributed by atoms with Crippen LogP contribution in [0.25, 0.3) is 0 Å². The molecule has 0 aromatic carbocycles. The lowest BCUT2D eigenvalue weighted by molar-refractivity contribution is 0.692. The molecule has 33 heavy (non-hydrogen) atoms. The molecule has 2 aromatic rings. The Balaban J connectivity index is 2.00. The Bertz CT molecular complexity index is 927. The normalized spacial score (nSPS) is 17.5. The standard InChI is InChI=1S/C28H42N2P2Si/c1-27(2,3)32(28(4,5)6)21-23-19-24(33(7,8)9)18-22(23)20-31(25-14-10-12-16-29-25)26-15-11-13-17-30-26/h10-19,23H,20-21H2,1-9H3. The summed E-state index contributed by atoms with van der Waals surface area (Å²) in [5, 5.41) is 2.29. The van der Waals surface area contributed by atoms with Gasteiger partial charge in [-0.25, -0.2) is 0 Å². The highest BCUT2D eigenvalue weighted by molar-refractivity contribution is 7.72. The summed E-state index contributed by atoms with van der Waals surface area (Å²) in [5.41, 5.74) is 3.97. The predicted octanol–water partition coefficient (Wildman–Crippen LogP) is 7.35. The van der Waals surface area contributed by atoms with Crippen LogP contribution in [-0.2, 0) is 0 Å². The zero-order chi connectivity index (χ0) is 24.4. The number of allylic oxidation sites excluding steroid dienone is 4. The van der Waals surface area contributed by atoms with Crippen LogP contribution < -0.4 is 10.9 Å². The highest BCUT2D eigenvalue weighted by atomic mass is 31.1. The number of hydrogen-bond donors (Lipinski definition) is 0. The first kappa shape index (κ1) is 26.5. The summed E-state index contributed by atoms with van der Waals surface area (Å²) in [5.74, 6) is 0.536. The van der Waals surface area contributed by atoms with Crippen LogP contribution in [0.4, 0.5) is 0 Å². The average molecular weight is 497 g/mol. The summed E-state index contributed by atoms with van der Waals surface area (Å²) in [4.78, 5) is 9.57. The Labute approximate surface area is 205 Å². The topological polar surface area (TPSA) is 25.8 Å². The molecule has 2 heterocycles. The molecule has 0 spiro atoms. The van der Waals surface area contributed by atoms with Crippen LogP contribution in [-0.4, -0.2) is 40.7 Å². The average Bonchev–Trinajstić information content (AvgIpc) is 3.13. The van der Waals surface area contributed by atoms with E-state index in [4.69, 9.17) is 9.97 Å². The summed E-state index contributed by atoms with van der Waals surface area (Å²) in [7, 11) is -2.18. The molecule has 1 unspecified atom stereocenters. The van der Waals surface area contributed by atoms with Crippen LogP contribution >= 0.6 is 15.8 Å². The van der Waals surface area contributed by atoms with Crippen molar-refractivity contribution in [2.24, 2.45) is 5.92 Å². The molecule has 3 rings (SSSR count). The van der Waals surface area contributed by atoms with Gasteiger partial charge in [-0.3, -0.25) is 9.97 Å². The number of pyridine rings is 2. The van der Waals surface area contributed by atoms with Crippen LogP contribution in [0.3, 0.4) is 0 Å². The molecule has 0 amide bonds. The lowest BCUT2D eigenvalue weighted by Gasteiger charge is -2.43. The molecule has 178 valence electrons. The molecule has 2 aromatic heterocycles. The minimum Gasteiger partial charge on any atom is -0.256 e. The third kappa shape index (κ3) is 6.94. The van der Waals surface area contributed by atoms with E-state index in [-0.39, 0.29) is 7.92 Å². The number of hydrogen-bond acceptors (Lipinski definition) is 2. The van der Waals surface area contributed by atoms with Gasteiger partial charge in [0, 0.05) is 32.4 Å². The van der Waals surface area contributed by atoms with Crippen molar-refractivity contribution in [3.63, 3.8) is 0 Å². The Morgan fingerprint density at radius 1 is 0.818 bits per heavy atom. The fraction of sp³-hybridized carbons (Fsp3) is 0.500. The van der Waals surface area contributed by atoms with Crippen LogP contribution in [0.2, 0.25) is 19.6 Å². The highest BCUT2D eigenvalue weighted by Crippen LogP contribution is 2.61. The number of rotatable bonds is 7. The molecule has 0 saturated carbocycles. The molecule has 1 aliphatic rings. The SMILES string of the molecule is CC(C)(C)P(CC1C=C([Si](C)(C)C)C=C1CP(c1ccccn1)c1ccccn1)C(C)(C)C. The van der Waals surface area contributed by atoms with Crippen molar-refractivity contribution >= 4 is 34.8 Å². The second-order valence-electron chi connectivity index (χ2n) is 12.1. The molecule has 0 radical (unpaired) electrons. The lowest BCUT2D eigenvalue weighted by atomic mass is 10.1. The van der Waals surface area contributed by atoms with Gasteiger partial charge in [0.2, 0.25) is 0 Å². The molecule has 0 aliphatic heterocycles. The van der Waals surface area contributed by atoms with Crippen molar-refractivity contribution in [1.82, 2.24) is 9.97 Å². The fourth-order valence-corrected chi connectivity index (χ4v) is 12.1. The Morgan fingerprint density at radius 3 is 1.73 bits per heavy atom. The van der Waals surface area contributed by atoms with Gasteiger partial charge in [-0.2, -0.15) is 0 Å². The van der Waals surface area contributed by atoms with Crippen molar-refractivity contribution in [3.05, 3.63) is 71.7 Å². The maximum atomic E-state index is 4.79. The summed E-state index contributed by atoms with van der Waals surface area (Å²) >= 11 is 0. The summed E-state index contributed by atoms with van der Waals surface area (Å²) < 4.78 is 0. The van der Waals surface area contributed by atoms with E-state index in [1.165, 1.54) is 17.0 Å². The highest BCUT2D eigenvalue weighted by Gasteiger charge is 2.38. The lowest BCUT2D eigenvalue weighted by Crippen LogP contribution is -2.29. The molecular weight excluding hydrogens is 454 g/mol. The largest absolute Gasteiger partial charge is 0.256 e. The first-order chi connectivity index (χ1) is 15.3. The van der Waals surface area contributed by atoms with Crippen molar-refractivity contribution in [1.29, 1.82) is 0 Å². The van der Waals surface area contributed by atoms with Crippen molar-refractivity contribution in [2.45, 2.75) is 71.5 Å². The zero-order valence-electron chi connectivity index (χ0n) is 22.1. The maximum Gasteiger partial charge on any atom is 0.0772 e. The van der Waals surface area contributed by atoms with Crippen LogP contribution in [0.1, 0.15) is 41.5 Å². The van der Waals surface area contributed by atoms with Gasteiger partial charge in [-0.05, 0) is 40.7 Å². The molecule has 0 fully saturated rings. The van der Waals surface area contributed by atoms with E-state index in [1.54, 1.807) is 10.8 Å². The van der Waals surface area contributed by atoms with E-state index in [9.17, 15) is 0 Å². The minimum absolute atomic E-state index is 0.163. The van der Waals surface area contributed by atoms with E-state index < -0.39 is 16.0 Å². The Hall–Kier alpha value is -1.14. The molecule has 2 nitrogen and oxygen atoms in total. The van der Waals surface area contributed by atoms with E-state index in [0.717, 1.165) is 6.16 Å². The Morgan fingerprint density at radius 2 is 1.33 bits per heavy atom. The van der Waals surface area contributed by atoms with Crippen LogP contribution in [0.5, 0.6) is 0 Å². The first-order valence-electron chi connectivity index (χ1n) is 12.1. The molecule has 0 N–H and O–H groups in total. The number of aromatic nitrogens is 2. The molecule has 5 heteroatoms. The second kappa shape index (κ2) is 10.2. The zero-order valence-corrected chi connectivity index (χ0v) is 24.8. The van der Waals surface area contributed by atoms with Gasteiger partial charge in [0.25, 0.3) is 0 Å². The van der Waals surface area contributed by atoms with Gasteiger partial charge < -0.3 is 0 Å². The van der Waals surface area contributed by atoms with Gasteiger partial charge in [-0.1, -0.05) is 104 Å². The van der Waals surface area contributed by atoms with E-state index in [2.05, 4.69) is 97.6 Å². The predicted molar refractivity (Wildman–Crippen MR) is 154 cm³/mol. The van der Waals surface area contributed by atoms with Crippen LogP contribution in [0.15, 0.2) is 71.7 Å². The molecule has 1 atom stereocenters. The second-order valence-corrected chi connectivity index (χ2v) is 23.2. The summed E-state index contributed by atoms with van der Waals surface area (Å²) in [6, 6.07) is 12.6. The van der Waals surface area contributed by atoms with Gasteiger partial charge in [0.15, 0.2) is 0 Å². The maximum absolute atomic E-state index is 4.79. The fourth-order valence-electron chi connectivity index (χ4n) is 4.72. The monoisotopic (exact) mass is 496 g/mol. The van der Waals surface area contributed by atoms with Crippen molar-refractivity contribution in [3.8, 4) is 0 Å². The summed E-state index contributed by atoms with van der Waals surface area (Å²) in [6.07, 6.45) is 11.4. The Kier molecular flexibility index (Phi) is 8.20. The summed E-state index contributed by atoms with van der Waals surface area (Å²) in [6.45, 7) is 22.1. The molecule has 1 aliphatic carbocycles. The quantitative estimate of drug-likeness (QED) is 0.296. The molecule has 0 saturated heterocycles. The van der Waals surface area contributed by atoms with E-state index >= 15 is 0 Å². The minimum atomic E-state index is -1.39. The molecule has 0 bridgehead atoms. The third-order valence-electron chi connectivity index (χ3n) is 6.26. The van der Waals surface area contributed by atoms with Gasteiger partial charge >= 0.3 is 0 Å². The smallest absolute Gasteiger partial charge is 0.0772 e. The third-order valence-corrected chi connectivity index (χ3v) is 14.6. The number of nitrogens with zero attached hydrogens (tertiary/aromatic N) is 2. The van der Waals surface area contributed by atoms with E-state index in [0.29, 0.717) is 16.2 Å². The van der Waals surface area contributed by atoms with Crippen molar-refractivity contribution in [2.75, 3.05) is 12.3 Å². The molecular formula is C28H42N2P2Si. The van der Waals surface area contributed by atoms with E-state index in [1.807, 2.05) is 24.5 Å². The van der Waals surface area contributed by atoms with Gasteiger partial charge in [0.1, 0.15) is 0 Å². The van der Waals surface area contributed by atoms with Gasteiger partial charge in [-0.15, -0.1) is 0 Å². The van der Waals surface area contributed by atoms with Crippen LogP contribution in [0, 0.1) is 5.92 Å². The first-order valence-corrected chi connectivity index (χ1v) is 18.6. The van der Waals surface area contributed by atoms with Gasteiger partial charge in [0.05, 0.1) is 18.9 Å². The van der Waals surface area contributed by atoms with Crippen molar-refractivity contribution < 1.29 is 0 Å².